The molecule has 1 saturated heterocycles. The van der Waals surface area contributed by atoms with E-state index in [4.69, 9.17) is 9.47 Å². The Labute approximate surface area is 154 Å². The van der Waals surface area contributed by atoms with Crippen molar-refractivity contribution in [2.45, 2.75) is 18.9 Å². The molecule has 0 aliphatic carbocycles. The van der Waals surface area contributed by atoms with E-state index in [1.54, 1.807) is 26.4 Å². The summed E-state index contributed by atoms with van der Waals surface area (Å²) in [6.07, 6.45) is 2.20. The van der Waals surface area contributed by atoms with Crippen molar-refractivity contribution in [3.05, 3.63) is 48.5 Å². The maximum atomic E-state index is 12.3. The van der Waals surface area contributed by atoms with E-state index < -0.39 is 0 Å². The number of carbonyl (C=O) groups excluding carboxylic acids is 1. The lowest BCUT2D eigenvalue weighted by atomic mass is 10.2. The number of rotatable bonds is 6. The largest absolute Gasteiger partial charge is 0.493 e. The molecule has 1 aliphatic rings. The van der Waals surface area contributed by atoms with Crippen LogP contribution in [0.25, 0.3) is 0 Å². The summed E-state index contributed by atoms with van der Waals surface area (Å²) in [7, 11) is 3.12. The van der Waals surface area contributed by atoms with Gasteiger partial charge in [-0.1, -0.05) is 24.3 Å². The maximum absolute atomic E-state index is 12.3. The number of nitrogens with one attached hydrogen (secondary N) is 2. The number of urea groups is 1. The molecule has 1 heterocycles. The molecule has 1 atom stereocenters. The van der Waals surface area contributed by atoms with Crippen LogP contribution >= 0.6 is 0 Å². The van der Waals surface area contributed by atoms with E-state index in [0.717, 1.165) is 19.4 Å². The minimum Gasteiger partial charge on any atom is -0.493 e. The van der Waals surface area contributed by atoms with Crippen LogP contribution in [0.5, 0.6) is 11.5 Å². The summed E-state index contributed by atoms with van der Waals surface area (Å²) in [4.78, 5) is 14.7. The summed E-state index contributed by atoms with van der Waals surface area (Å²) in [5.41, 5.74) is 1.78. The van der Waals surface area contributed by atoms with E-state index in [-0.39, 0.29) is 6.03 Å². The first-order valence-corrected chi connectivity index (χ1v) is 8.80. The molecular formula is C20H25N3O3. The topological polar surface area (TPSA) is 62.8 Å². The molecule has 0 radical (unpaired) electrons. The summed E-state index contributed by atoms with van der Waals surface area (Å²) in [5, 5.41) is 5.81. The Hall–Kier alpha value is -2.89. The van der Waals surface area contributed by atoms with Crippen molar-refractivity contribution in [2.75, 3.05) is 37.5 Å². The van der Waals surface area contributed by atoms with Crippen LogP contribution in [0.1, 0.15) is 12.8 Å². The Morgan fingerprint density at radius 3 is 2.65 bits per heavy atom. The van der Waals surface area contributed by atoms with E-state index in [1.807, 2.05) is 24.3 Å². The molecular weight excluding hydrogens is 330 g/mol. The summed E-state index contributed by atoms with van der Waals surface area (Å²) < 4.78 is 10.6. The highest BCUT2D eigenvalue weighted by Crippen LogP contribution is 2.34. The first kappa shape index (κ1) is 17.9. The van der Waals surface area contributed by atoms with Gasteiger partial charge in [0.05, 0.1) is 19.9 Å². The molecule has 1 fully saturated rings. The van der Waals surface area contributed by atoms with E-state index in [9.17, 15) is 4.79 Å². The van der Waals surface area contributed by atoms with E-state index in [1.165, 1.54) is 5.69 Å². The summed E-state index contributed by atoms with van der Waals surface area (Å²) in [5.74, 6) is 1.09. The molecule has 26 heavy (non-hydrogen) atoms. The number of hydrogen-bond acceptors (Lipinski definition) is 4. The highest BCUT2D eigenvalue weighted by atomic mass is 16.5. The van der Waals surface area contributed by atoms with Crippen LogP contribution in [0.2, 0.25) is 0 Å². The minimum atomic E-state index is -0.253. The Kier molecular flexibility index (Phi) is 5.84. The normalized spacial score (nSPS) is 16.2. The van der Waals surface area contributed by atoms with Gasteiger partial charge in [-0.3, -0.25) is 0 Å². The second-order valence-corrected chi connectivity index (χ2v) is 6.20. The molecule has 6 nitrogen and oxygen atoms in total. The first-order chi connectivity index (χ1) is 12.7. The number of hydrogen-bond donors (Lipinski definition) is 2. The average Bonchev–Trinajstić information content (AvgIpc) is 3.15. The van der Waals surface area contributed by atoms with Gasteiger partial charge < -0.3 is 25.0 Å². The van der Waals surface area contributed by atoms with Crippen molar-refractivity contribution in [3.63, 3.8) is 0 Å². The Morgan fingerprint density at radius 1 is 1.12 bits per heavy atom. The fourth-order valence-corrected chi connectivity index (χ4v) is 3.37. The third-order valence-corrected chi connectivity index (χ3v) is 4.61. The second-order valence-electron chi connectivity index (χ2n) is 6.20. The quantitative estimate of drug-likeness (QED) is 0.833. The molecule has 6 heteroatoms. The number of methoxy groups -OCH3 is 2. The van der Waals surface area contributed by atoms with Gasteiger partial charge in [0, 0.05) is 24.8 Å². The molecule has 2 aromatic rings. The minimum absolute atomic E-state index is 0.253. The van der Waals surface area contributed by atoms with Crippen molar-refractivity contribution < 1.29 is 14.3 Å². The second kappa shape index (κ2) is 8.47. The van der Waals surface area contributed by atoms with Crippen LogP contribution in [0.4, 0.5) is 16.2 Å². The zero-order chi connectivity index (χ0) is 18.4. The summed E-state index contributed by atoms with van der Waals surface area (Å²) >= 11 is 0. The Bertz CT molecular complexity index is 736. The highest BCUT2D eigenvalue weighted by Gasteiger charge is 2.25. The molecule has 2 amide bonds. The Balaban J connectivity index is 1.59. The number of benzene rings is 2. The van der Waals surface area contributed by atoms with Gasteiger partial charge in [-0.2, -0.15) is 0 Å². The predicted octanol–water partition coefficient (Wildman–Crippen LogP) is 3.49. The monoisotopic (exact) mass is 355 g/mol. The van der Waals surface area contributed by atoms with Crippen molar-refractivity contribution in [3.8, 4) is 11.5 Å². The fourth-order valence-electron chi connectivity index (χ4n) is 3.37. The van der Waals surface area contributed by atoms with Crippen molar-refractivity contribution in [1.29, 1.82) is 0 Å². The standard InChI is InChI=1S/C20H25N3O3/c1-25-18-12-6-11-17(19(18)26-2)22-20(24)21-14-16-10-7-13-23(16)15-8-4-3-5-9-15/h3-6,8-9,11-12,16H,7,10,13-14H2,1-2H3,(H2,21,22,24)/t16-/m0/s1. The van der Waals surface area contributed by atoms with Crippen LogP contribution in [0.15, 0.2) is 48.5 Å². The third-order valence-electron chi connectivity index (χ3n) is 4.61. The van der Waals surface area contributed by atoms with Crippen molar-refractivity contribution >= 4 is 17.4 Å². The van der Waals surface area contributed by atoms with Crippen LogP contribution in [-0.2, 0) is 0 Å². The summed E-state index contributed by atoms with van der Waals surface area (Å²) in [6, 6.07) is 15.8. The van der Waals surface area contributed by atoms with Crippen LogP contribution in [-0.4, -0.2) is 39.4 Å². The number of nitrogens with zero attached hydrogens (tertiary/aromatic N) is 1. The zero-order valence-electron chi connectivity index (χ0n) is 15.2. The molecule has 2 aromatic carbocycles. The van der Waals surface area contributed by atoms with E-state index in [2.05, 4.69) is 27.7 Å². The lowest BCUT2D eigenvalue weighted by Gasteiger charge is -2.27. The van der Waals surface area contributed by atoms with Gasteiger partial charge >= 0.3 is 6.03 Å². The van der Waals surface area contributed by atoms with Gasteiger partial charge in [-0.15, -0.1) is 0 Å². The number of ether oxygens (including phenoxy) is 2. The predicted molar refractivity (Wildman–Crippen MR) is 103 cm³/mol. The molecule has 0 aromatic heterocycles. The molecule has 3 rings (SSSR count). The number of anilines is 2. The van der Waals surface area contributed by atoms with Crippen molar-refractivity contribution in [2.24, 2.45) is 0 Å². The van der Waals surface area contributed by atoms with E-state index >= 15 is 0 Å². The van der Waals surface area contributed by atoms with Gasteiger partial charge in [0.2, 0.25) is 0 Å². The zero-order valence-corrected chi connectivity index (χ0v) is 15.2. The molecule has 0 saturated carbocycles. The SMILES string of the molecule is COc1cccc(NC(=O)NC[C@@H]2CCCN2c2ccccc2)c1OC. The van der Waals surface area contributed by atoms with Crippen molar-refractivity contribution in [1.82, 2.24) is 5.32 Å². The molecule has 1 aliphatic heterocycles. The molecule has 2 N–H and O–H groups in total. The average molecular weight is 355 g/mol. The molecule has 138 valence electrons. The van der Waals surface area contributed by atoms with Gasteiger partial charge in [0.15, 0.2) is 11.5 Å². The van der Waals surface area contributed by atoms with E-state index in [0.29, 0.717) is 29.8 Å². The first-order valence-electron chi connectivity index (χ1n) is 8.80. The number of amides is 2. The lowest BCUT2D eigenvalue weighted by molar-refractivity contribution is 0.251. The van der Waals surface area contributed by atoms with Gasteiger partial charge in [-0.05, 0) is 37.1 Å². The smallest absolute Gasteiger partial charge is 0.319 e. The van der Waals surface area contributed by atoms with Crippen LogP contribution in [0.3, 0.4) is 0 Å². The lowest BCUT2D eigenvalue weighted by Crippen LogP contribution is -2.41. The fraction of sp³-hybridized carbons (Fsp3) is 0.350. The molecule has 0 bridgehead atoms. The number of carbonyl (C=O) groups is 1. The highest BCUT2D eigenvalue weighted by molar-refractivity contribution is 5.91. The van der Waals surface area contributed by atoms with Gasteiger partial charge in [0.25, 0.3) is 0 Å². The van der Waals surface area contributed by atoms with Crippen LogP contribution in [0, 0.1) is 0 Å². The Morgan fingerprint density at radius 2 is 1.92 bits per heavy atom. The maximum Gasteiger partial charge on any atom is 0.319 e. The van der Waals surface area contributed by atoms with Gasteiger partial charge in [-0.25, -0.2) is 4.79 Å². The third kappa shape index (κ3) is 4.02. The van der Waals surface area contributed by atoms with Gasteiger partial charge in [0.1, 0.15) is 0 Å². The molecule has 0 spiro atoms. The summed E-state index contributed by atoms with van der Waals surface area (Å²) in [6.45, 7) is 1.61. The number of para-hydroxylation sites is 2. The van der Waals surface area contributed by atoms with Crippen LogP contribution < -0.4 is 25.0 Å². The molecule has 0 unspecified atom stereocenters.